The van der Waals surface area contributed by atoms with Crippen LogP contribution in [-0.2, 0) is 6.54 Å². The van der Waals surface area contributed by atoms with Crippen LogP contribution in [0.15, 0.2) is 53.2 Å². The number of aryl methyl sites for hydroxylation is 1. The van der Waals surface area contributed by atoms with Gasteiger partial charge in [-0.05, 0) is 37.3 Å². The predicted octanol–water partition coefficient (Wildman–Crippen LogP) is 3.97. The summed E-state index contributed by atoms with van der Waals surface area (Å²) in [6.45, 7) is 1.93. The Morgan fingerprint density at radius 3 is 2.88 bits per heavy atom. The molecule has 26 heavy (non-hydrogen) atoms. The van der Waals surface area contributed by atoms with Crippen LogP contribution in [0, 0.1) is 12.7 Å². The number of benzene rings is 1. The number of aromatic nitrogens is 3. The number of amides is 1. The van der Waals surface area contributed by atoms with Crippen molar-refractivity contribution >= 4 is 32.6 Å². The minimum atomic E-state index is -0.355. The summed E-state index contributed by atoms with van der Waals surface area (Å²) in [7, 11) is 0. The van der Waals surface area contributed by atoms with Gasteiger partial charge in [0.25, 0.3) is 5.91 Å². The lowest BCUT2D eigenvalue weighted by molar-refractivity contribution is 0.0976. The number of hydrogen-bond acceptors (Lipinski definition) is 6. The largest absolute Gasteiger partial charge is 0.361 e. The number of halogens is 1. The summed E-state index contributed by atoms with van der Waals surface area (Å²) in [5, 5.41) is 4.25. The maximum absolute atomic E-state index is 13.5. The molecule has 1 amide bonds. The van der Waals surface area contributed by atoms with Gasteiger partial charge >= 0.3 is 0 Å². The average Bonchev–Trinajstić information content (AvgIpc) is 3.25. The standard InChI is InChI=1S/C18H13FN4O2S/c1-11-8-15(22-25-11)17(24)23(10-13-4-2-3-7-20-13)18-21-14-6-5-12(19)9-16(14)26-18/h2-9H,10H2,1H3. The van der Waals surface area contributed by atoms with E-state index in [0.717, 1.165) is 0 Å². The molecule has 130 valence electrons. The molecule has 1 aromatic carbocycles. The summed E-state index contributed by atoms with van der Waals surface area (Å²) in [6.07, 6.45) is 1.66. The molecule has 0 aliphatic carbocycles. The number of hydrogen-bond donors (Lipinski definition) is 0. The molecule has 4 aromatic rings. The Morgan fingerprint density at radius 1 is 1.27 bits per heavy atom. The molecular weight excluding hydrogens is 355 g/mol. The Labute approximate surface area is 151 Å². The first-order chi connectivity index (χ1) is 12.6. The smallest absolute Gasteiger partial charge is 0.282 e. The number of carbonyl (C=O) groups excluding carboxylic acids is 1. The molecule has 0 aliphatic rings. The zero-order valence-corrected chi connectivity index (χ0v) is 14.5. The molecular formula is C18H13FN4O2S. The van der Waals surface area contributed by atoms with Crippen LogP contribution in [0.3, 0.4) is 0 Å². The molecule has 3 aromatic heterocycles. The molecule has 6 nitrogen and oxygen atoms in total. The first kappa shape index (κ1) is 16.3. The van der Waals surface area contributed by atoms with Crippen LogP contribution in [-0.4, -0.2) is 21.0 Å². The van der Waals surface area contributed by atoms with Crippen LogP contribution < -0.4 is 4.90 Å². The van der Waals surface area contributed by atoms with Gasteiger partial charge in [0.15, 0.2) is 10.8 Å². The van der Waals surface area contributed by atoms with Crippen molar-refractivity contribution < 1.29 is 13.7 Å². The van der Waals surface area contributed by atoms with Gasteiger partial charge in [0.2, 0.25) is 0 Å². The van der Waals surface area contributed by atoms with Crippen LogP contribution >= 0.6 is 11.3 Å². The molecule has 0 N–H and O–H groups in total. The minimum absolute atomic E-state index is 0.184. The number of pyridine rings is 1. The highest BCUT2D eigenvalue weighted by atomic mass is 32.1. The molecule has 0 atom stereocenters. The third-order valence-electron chi connectivity index (χ3n) is 3.71. The molecule has 0 bridgehead atoms. The summed E-state index contributed by atoms with van der Waals surface area (Å²) >= 11 is 1.24. The van der Waals surface area contributed by atoms with Crippen LogP contribution in [0.5, 0.6) is 0 Å². The minimum Gasteiger partial charge on any atom is -0.361 e. The van der Waals surface area contributed by atoms with E-state index in [1.54, 1.807) is 31.3 Å². The van der Waals surface area contributed by atoms with E-state index >= 15 is 0 Å². The Hall–Kier alpha value is -3.13. The highest BCUT2D eigenvalue weighted by Crippen LogP contribution is 2.31. The zero-order valence-electron chi connectivity index (χ0n) is 13.7. The highest BCUT2D eigenvalue weighted by Gasteiger charge is 2.24. The van der Waals surface area contributed by atoms with E-state index in [1.807, 2.05) is 12.1 Å². The highest BCUT2D eigenvalue weighted by molar-refractivity contribution is 7.22. The predicted molar refractivity (Wildman–Crippen MR) is 95.6 cm³/mol. The lowest BCUT2D eigenvalue weighted by Crippen LogP contribution is -2.31. The first-order valence-electron chi connectivity index (χ1n) is 7.81. The van der Waals surface area contributed by atoms with Crippen molar-refractivity contribution in [3.05, 3.63) is 71.6 Å². The second-order valence-electron chi connectivity index (χ2n) is 5.64. The Kier molecular flexibility index (Phi) is 4.18. The Morgan fingerprint density at radius 2 is 2.15 bits per heavy atom. The lowest BCUT2D eigenvalue weighted by Gasteiger charge is -2.18. The van der Waals surface area contributed by atoms with Gasteiger partial charge in [-0.2, -0.15) is 0 Å². The maximum Gasteiger partial charge on any atom is 0.282 e. The number of nitrogens with zero attached hydrogens (tertiary/aromatic N) is 4. The lowest BCUT2D eigenvalue weighted by atomic mass is 10.3. The van der Waals surface area contributed by atoms with Crippen LogP contribution in [0.4, 0.5) is 9.52 Å². The van der Waals surface area contributed by atoms with Crippen molar-refractivity contribution in [2.75, 3.05) is 4.90 Å². The van der Waals surface area contributed by atoms with E-state index in [0.29, 0.717) is 26.8 Å². The van der Waals surface area contributed by atoms with E-state index in [4.69, 9.17) is 4.52 Å². The van der Waals surface area contributed by atoms with E-state index < -0.39 is 0 Å². The van der Waals surface area contributed by atoms with E-state index in [9.17, 15) is 9.18 Å². The van der Waals surface area contributed by atoms with Gasteiger partial charge < -0.3 is 4.52 Å². The third-order valence-corrected chi connectivity index (χ3v) is 4.75. The number of thiazole rings is 1. The van der Waals surface area contributed by atoms with Crippen molar-refractivity contribution in [3.8, 4) is 0 Å². The number of carbonyl (C=O) groups is 1. The van der Waals surface area contributed by atoms with E-state index in [2.05, 4.69) is 15.1 Å². The van der Waals surface area contributed by atoms with Gasteiger partial charge in [0.1, 0.15) is 11.6 Å². The summed E-state index contributed by atoms with van der Waals surface area (Å²) in [5.74, 6) is -0.160. The summed E-state index contributed by atoms with van der Waals surface area (Å²) in [6, 6.07) is 11.4. The molecule has 4 rings (SSSR count). The molecule has 8 heteroatoms. The summed E-state index contributed by atoms with van der Waals surface area (Å²) < 4.78 is 19.2. The monoisotopic (exact) mass is 368 g/mol. The molecule has 0 aliphatic heterocycles. The zero-order chi connectivity index (χ0) is 18.1. The Bertz CT molecular complexity index is 1080. The summed E-state index contributed by atoms with van der Waals surface area (Å²) in [4.78, 5) is 23.2. The normalized spacial score (nSPS) is 11.0. The Balaban J connectivity index is 1.76. The van der Waals surface area contributed by atoms with Crippen molar-refractivity contribution in [2.24, 2.45) is 0 Å². The first-order valence-corrected chi connectivity index (χ1v) is 8.63. The van der Waals surface area contributed by atoms with Crippen molar-refractivity contribution in [1.29, 1.82) is 0 Å². The molecule has 0 saturated carbocycles. The van der Waals surface area contributed by atoms with Crippen LogP contribution in [0.2, 0.25) is 0 Å². The van der Waals surface area contributed by atoms with Gasteiger partial charge in [-0.25, -0.2) is 9.37 Å². The van der Waals surface area contributed by atoms with Crippen molar-refractivity contribution in [2.45, 2.75) is 13.5 Å². The average molecular weight is 368 g/mol. The number of anilines is 1. The second-order valence-corrected chi connectivity index (χ2v) is 6.65. The SMILES string of the molecule is Cc1cc(C(=O)N(Cc2ccccn2)c2nc3ccc(F)cc3s2)no1. The fraction of sp³-hybridized carbons (Fsp3) is 0.111. The molecule has 0 spiro atoms. The van der Waals surface area contributed by atoms with Crippen molar-refractivity contribution in [3.63, 3.8) is 0 Å². The number of rotatable bonds is 4. The molecule has 0 saturated heterocycles. The summed E-state index contributed by atoms with van der Waals surface area (Å²) in [5.41, 5.74) is 1.51. The fourth-order valence-electron chi connectivity index (χ4n) is 2.49. The second kappa shape index (κ2) is 6.64. The molecule has 0 fully saturated rings. The van der Waals surface area contributed by atoms with E-state index in [1.165, 1.54) is 28.4 Å². The van der Waals surface area contributed by atoms with Gasteiger partial charge in [-0.1, -0.05) is 22.6 Å². The van der Waals surface area contributed by atoms with Crippen molar-refractivity contribution in [1.82, 2.24) is 15.1 Å². The van der Waals surface area contributed by atoms with Crippen LogP contribution in [0.1, 0.15) is 21.9 Å². The molecule has 3 heterocycles. The number of fused-ring (bicyclic) bond motifs is 1. The third kappa shape index (κ3) is 3.18. The fourth-order valence-corrected chi connectivity index (χ4v) is 3.48. The topological polar surface area (TPSA) is 72.1 Å². The van der Waals surface area contributed by atoms with E-state index in [-0.39, 0.29) is 24.0 Å². The quantitative estimate of drug-likeness (QED) is 0.545. The maximum atomic E-state index is 13.5. The van der Waals surface area contributed by atoms with Crippen LogP contribution in [0.25, 0.3) is 10.2 Å². The van der Waals surface area contributed by atoms with Gasteiger partial charge in [0, 0.05) is 12.3 Å². The van der Waals surface area contributed by atoms with Gasteiger partial charge in [-0.15, -0.1) is 0 Å². The molecule has 0 unspecified atom stereocenters. The van der Waals surface area contributed by atoms with Gasteiger partial charge in [-0.3, -0.25) is 14.7 Å². The molecule has 0 radical (unpaired) electrons. The van der Waals surface area contributed by atoms with Gasteiger partial charge in [0.05, 0.1) is 22.5 Å².